The Kier molecular flexibility index (Phi) is 11.5. The van der Waals surface area contributed by atoms with Crippen molar-refractivity contribution >= 4 is 0 Å². The lowest BCUT2D eigenvalue weighted by Gasteiger charge is -1.85. The van der Waals surface area contributed by atoms with Crippen molar-refractivity contribution in [2.24, 2.45) is 0 Å². The van der Waals surface area contributed by atoms with Crippen molar-refractivity contribution < 1.29 is 0 Å². The second-order valence-corrected chi connectivity index (χ2v) is 3.46. The number of hydrogen-bond acceptors (Lipinski definition) is 0. The van der Waals surface area contributed by atoms with Crippen LogP contribution in [-0.2, 0) is 0 Å². The third kappa shape index (κ3) is 11.2. The molecule has 0 aliphatic heterocycles. The largest absolute Gasteiger partial charge is 0.0882 e. The quantitative estimate of drug-likeness (QED) is 0.473. The molecule has 0 aliphatic rings. The highest BCUT2D eigenvalue weighted by molar-refractivity contribution is 4.96. The van der Waals surface area contributed by atoms with Crippen molar-refractivity contribution in [3.8, 4) is 0 Å². The van der Waals surface area contributed by atoms with Gasteiger partial charge in [-0.05, 0) is 25.7 Å². The fourth-order valence-corrected chi connectivity index (χ4v) is 1.11. The molecule has 0 bridgehead atoms. The molecule has 0 nitrogen and oxygen atoms in total. The molecule has 0 aromatic heterocycles. The Morgan fingerprint density at radius 1 is 0.571 bits per heavy atom. The van der Waals surface area contributed by atoms with Gasteiger partial charge < -0.3 is 0 Å². The Morgan fingerprint density at radius 2 is 0.929 bits per heavy atom. The van der Waals surface area contributed by atoms with Crippen LogP contribution in [0.4, 0.5) is 0 Å². The molecule has 0 aliphatic carbocycles. The standard InChI is InChI=1S/C14H24/c1-3-5-7-9-11-13-14-12-10-8-6-4-2/h7-10,13-14H,3-6,11-12H2,1-2H3/b9-7+,10-8+,14-13+. The summed E-state index contributed by atoms with van der Waals surface area (Å²) >= 11 is 0. The molecule has 0 unspecified atom stereocenters. The molecular weight excluding hydrogens is 168 g/mol. The predicted molar refractivity (Wildman–Crippen MR) is 66.5 cm³/mol. The number of rotatable bonds is 8. The fraction of sp³-hybridized carbons (Fsp3) is 0.571. The van der Waals surface area contributed by atoms with Gasteiger partial charge in [0.25, 0.3) is 0 Å². The van der Waals surface area contributed by atoms with Crippen LogP contribution < -0.4 is 0 Å². The Labute approximate surface area is 89.4 Å². The molecule has 80 valence electrons. The van der Waals surface area contributed by atoms with Gasteiger partial charge in [-0.3, -0.25) is 0 Å². The van der Waals surface area contributed by atoms with Crippen LogP contribution in [0.2, 0.25) is 0 Å². The summed E-state index contributed by atoms with van der Waals surface area (Å²) < 4.78 is 0. The molecule has 0 rings (SSSR count). The first kappa shape index (κ1) is 13.2. The van der Waals surface area contributed by atoms with Crippen LogP contribution in [0.3, 0.4) is 0 Å². The minimum Gasteiger partial charge on any atom is -0.0882 e. The SMILES string of the molecule is CCC/C=C/C/C=C/C/C=C/CCC. The van der Waals surface area contributed by atoms with E-state index in [0.29, 0.717) is 0 Å². The van der Waals surface area contributed by atoms with E-state index in [4.69, 9.17) is 0 Å². The van der Waals surface area contributed by atoms with Crippen molar-refractivity contribution in [3.05, 3.63) is 36.5 Å². The molecule has 0 fully saturated rings. The van der Waals surface area contributed by atoms with Crippen molar-refractivity contribution in [1.82, 2.24) is 0 Å². The summed E-state index contributed by atoms with van der Waals surface area (Å²) in [7, 11) is 0. The highest BCUT2D eigenvalue weighted by Crippen LogP contribution is 1.95. The average molecular weight is 192 g/mol. The van der Waals surface area contributed by atoms with Gasteiger partial charge in [-0.2, -0.15) is 0 Å². The molecule has 0 radical (unpaired) electrons. The minimum absolute atomic E-state index is 1.08. The van der Waals surface area contributed by atoms with E-state index in [9.17, 15) is 0 Å². The third-order valence-corrected chi connectivity index (χ3v) is 1.96. The summed E-state index contributed by atoms with van der Waals surface area (Å²) in [4.78, 5) is 0. The number of unbranched alkanes of at least 4 members (excludes halogenated alkanes) is 2. The summed E-state index contributed by atoms with van der Waals surface area (Å²) in [6, 6.07) is 0. The van der Waals surface area contributed by atoms with Gasteiger partial charge in [0, 0.05) is 0 Å². The lowest BCUT2D eigenvalue weighted by Crippen LogP contribution is -1.64. The zero-order valence-corrected chi connectivity index (χ0v) is 9.71. The average Bonchev–Trinajstić information content (AvgIpc) is 2.21. The molecule has 0 saturated heterocycles. The van der Waals surface area contributed by atoms with Crippen molar-refractivity contribution in [2.45, 2.75) is 52.4 Å². The molecule has 0 atom stereocenters. The van der Waals surface area contributed by atoms with E-state index in [1.54, 1.807) is 0 Å². The van der Waals surface area contributed by atoms with Crippen LogP contribution in [0, 0.1) is 0 Å². The van der Waals surface area contributed by atoms with Gasteiger partial charge >= 0.3 is 0 Å². The van der Waals surface area contributed by atoms with Crippen LogP contribution in [0.5, 0.6) is 0 Å². The Balaban J connectivity index is 3.27. The molecular formula is C14H24. The van der Waals surface area contributed by atoms with E-state index < -0.39 is 0 Å². The van der Waals surface area contributed by atoms with Gasteiger partial charge in [0.15, 0.2) is 0 Å². The van der Waals surface area contributed by atoms with Crippen molar-refractivity contribution in [2.75, 3.05) is 0 Å². The second kappa shape index (κ2) is 12.2. The van der Waals surface area contributed by atoms with Gasteiger partial charge in [0.2, 0.25) is 0 Å². The Bertz CT molecular complexity index is 152. The van der Waals surface area contributed by atoms with Crippen molar-refractivity contribution in [1.29, 1.82) is 0 Å². The predicted octanol–water partition coefficient (Wildman–Crippen LogP) is 5.04. The first-order chi connectivity index (χ1) is 6.91. The lowest BCUT2D eigenvalue weighted by atomic mass is 10.2. The van der Waals surface area contributed by atoms with E-state index >= 15 is 0 Å². The monoisotopic (exact) mass is 192 g/mol. The highest BCUT2D eigenvalue weighted by Gasteiger charge is 1.74. The Morgan fingerprint density at radius 3 is 1.29 bits per heavy atom. The molecule has 0 amide bonds. The number of allylic oxidation sites excluding steroid dienone is 6. The maximum Gasteiger partial charge on any atom is -0.0169 e. The molecule has 0 aromatic carbocycles. The summed E-state index contributed by atoms with van der Waals surface area (Å²) in [5.74, 6) is 0. The third-order valence-electron chi connectivity index (χ3n) is 1.96. The van der Waals surface area contributed by atoms with Crippen molar-refractivity contribution in [3.63, 3.8) is 0 Å². The summed E-state index contributed by atoms with van der Waals surface area (Å²) in [5.41, 5.74) is 0. The number of hydrogen-bond donors (Lipinski definition) is 0. The minimum atomic E-state index is 1.08. The molecule has 0 spiro atoms. The zero-order valence-electron chi connectivity index (χ0n) is 9.71. The molecule has 0 heterocycles. The Hall–Kier alpha value is -0.780. The van der Waals surface area contributed by atoms with E-state index in [0.717, 1.165) is 12.8 Å². The fourth-order valence-electron chi connectivity index (χ4n) is 1.11. The van der Waals surface area contributed by atoms with Crippen LogP contribution in [0.25, 0.3) is 0 Å². The van der Waals surface area contributed by atoms with E-state index in [2.05, 4.69) is 50.3 Å². The summed E-state index contributed by atoms with van der Waals surface area (Å²) in [5, 5.41) is 0. The molecule has 0 saturated carbocycles. The van der Waals surface area contributed by atoms with Crippen LogP contribution >= 0.6 is 0 Å². The van der Waals surface area contributed by atoms with Gasteiger partial charge in [0.1, 0.15) is 0 Å². The lowest BCUT2D eigenvalue weighted by molar-refractivity contribution is 0.953. The second-order valence-electron chi connectivity index (χ2n) is 3.46. The summed E-state index contributed by atoms with van der Waals surface area (Å²) in [6.07, 6.45) is 20.6. The van der Waals surface area contributed by atoms with Gasteiger partial charge in [-0.25, -0.2) is 0 Å². The van der Waals surface area contributed by atoms with E-state index in [-0.39, 0.29) is 0 Å². The summed E-state index contributed by atoms with van der Waals surface area (Å²) in [6.45, 7) is 4.41. The smallest absolute Gasteiger partial charge is 0.0169 e. The first-order valence-electron chi connectivity index (χ1n) is 5.86. The van der Waals surface area contributed by atoms with Gasteiger partial charge in [-0.15, -0.1) is 0 Å². The van der Waals surface area contributed by atoms with Gasteiger partial charge in [-0.1, -0.05) is 63.1 Å². The normalized spacial score (nSPS) is 12.4. The van der Waals surface area contributed by atoms with E-state index in [1.807, 2.05) is 0 Å². The van der Waals surface area contributed by atoms with Crippen LogP contribution in [0.1, 0.15) is 52.4 Å². The molecule has 0 heteroatoms. The van der Waals surface area contributed by atoms with Gasteiger partial charge in [0.05, 0.1) is 0 Å². The molecule has 0 N–H and O–H groups in total. The highest BCUT2D eigenvalue weighted by atomic mass is 13.8. The first-order valence-corrected chi connectivity index (χ1v) is 5.86. The molecule has 0 aromatic rings. The topological polar surface area (TPSA) is 0 Å². The van der Waals surface area contributed by atoms with E-state index in [1.165, 1.54) is 25.7 Å². The van der Waals surface area contributed by atoms with Crippen LogP contribution in [-0.4, -0.2) is 0 Å². The van der Waals surface area contributed by atoms with Crippen LogP contribution in [0.15, 0.2) is 36.5 Å². The maximum absolute atomic E-state index is 2.26. The maximum atomic E-state index is 2.26. The molecule has 14 heavy (non-hydrogen) atoms. The zero-order chi connectivity index (χ0) is 10.5.